The van der Waals surface area contributed by atoms with E-state index < -0.39 is 5.97 Å². The first-order valence-electron chi connectivity index (χ1n) is 3.96. The van der Waals surface area contributed by atoms with Crippen molar-refractivity contribution in [3.05, 3.63) is 40.4 Å². The first-order chi connectivity index (χ1) is 6.66. The molecule has 0 bridgehead atoms. The molecule has 0 aliphatic rings. The van der Waals surface area contributed by atoms with Crippen molar-refractivity contribution in [3.8, 4) is 0 Å². The van der Waals surface area contributed by atoms with Gasteiger partial charge in [0.2, 0.25) is 0 Å². The topological polar surface area (TPSA) is 37.3 Å². The molecule has 0 aliphatic heterocycles. The van der Waals surface area contributed by atoms with Gasteiger partial charge in [-0.15, -0.1) is 0 Å². The van der Waals surface area contributed by atoms with Crippen molar-refractivity contribution in [2.24, 2.45) is 0 Å². The number of carboxylic acids is 1. The molecule has 0 spiro atoms. The van der Waals surface area contributed by atoms with Crippen LogP contribution in [0.15, 0.2) is 24.3 Å². The normalized spacial score (nSPS) is 10.7. The molecule has 74 valence electrons. The lowest BCUT2D eigenvalue weighted by Crippen LogP contribution is -1.99. The third-order valence-electron chi connectivity index (χ3n) is 1.67. The summed E-state index contributed by atoms with van der Waals surface area (Å²) in [6, 6.07) is 4.79. The summed E-state index contributed by atoms with van der Waals surface area (Å²) in [5, 5.41) is 9.31. The second kappa shape index (κ2) is 5.08. The first-order valence-corrected chi connectivity index (χ1v) is 4.97. The van der Waals surface area contributed by atoms with E-state index in [2.05, 4.69) is 12.6 Å². The molecule has 1 aromatic carbocycles. The zero-order chi connectivity index (χ0) is 10.6. The van der Waals surface area contributed by atoms with Crippen molar-refractivity contribution in [2.45, 2.75) is 0 Å². The lowest BCUT2D eigenvalue weighted by molar-refractivity contribution is 0.0696. The molecule has 0 radical (unpaired) electrons. The van der Waals surface area contributed by atoms with E-state index in [0.29, 0.717) is 16.3 Å². The van der Waals surface area contributed by atoms with Crippen LogP contribution in [0.25, 0.3) is 6.08 Å². The van der Waals surface area contributed by atoms with Crippen LogP contribution >= 0.6 is 24.2 Å². The number of carboxylic acid groups (broad SMARTS) is 1. The Bertz CT molecular complexity index is 374. The molecule has 0 fully saturated rings. The minimum Gasteiger partial charge on any atom is -0.478 e. The van der Waals surface area contributed by atoms with E-state index in [1.54, 1.807) is 24.3 Å². The molecule has 1 rings (SSSR count). The van der Waals surface area contributed by atoms with Gasteiger partial charge in [0.15, 0.2) is 0 Å². The summed E-state index contributed by atoms with van der Waals surface area (Å²) in [6.07, 6.45) is 3.41. The molecular weight excluding hydrogens is 220 g/mol. The number of hydrogen-bond acceptors (Lipinski definition) is 2. The Kier molecular flexibility index (Phi) is 4.04. The predicted octanol–water partition coefficient (Wildman–Crippen LogP) is 2.98. The van der Waals surface area contributed by atoms with E-state index >= 15 is 0 Å². The standard InChI is InChI=1S/C10H9ClO2S/c11-9-5-1-3-8(10(12)13)7(9)4-2-6-14/h1-5,14H,6H2,(H,12,13). The largest absolute Gasteiger partial charge is 0.478 e. The molecule has 0 saturated heterocycles. The molecule has 0 atom stereocenters. The van der Waals surface area contributed by atoms with Gasteiger partial charge in [0.05, 0.1) is 5.56 Å². The van der Waals surface area contributed by atoms with Gasteiger partial charge < -0.3 is 5.11 Å². The molecule has 14 heavy (non-hydrogen) atoms. The predicted molar refractivity (Wildman–Crippen MR) is 61.3 cm³/mol. The van der Waals surface area contributed by atoms with Crippen LogP contribution in [0.5, 0.6) is 0 Å². The molecule has 1 N–H and O–H groups in total. The summed E-state index contributed by atoms with van der Waals surface area (Å²) in [5.41, 5.74) is 0.728. The Hall–Kier alpha value is -0.930. The number of benzene rings is 1. The fraction of sp³-hybridized carbons (Fsp3) is 0.100. The van der Waals surface area contributed by atoms with Crippen LogP contribution in [0.4, 0.5) is 0 Å². The summed E-state index contributed by atoms with van der Waals surface area (Å²) in [4.78, 5) is 10.8. The average molecular weight is 229 g/mol. The fourth-order valence-electron chi connectivity index (χ4n) is 1.06. The van der Waals surface area contributed by atoms with Crippen molar-refractivity contribution in [2.75, 3.05) is 5.75 Å². The number of rotatable bonds is 3. The molecule has 0 aliphatic carbocycles. The second-order valence-corrected chi connectivity index (χ2v) is 3.36. The van der Waals surface area contributed by atoms with Crippen molar-refractivity contribution < 1.29 is 9.90 Å². The molecule has 1 aromatic rings. The summed E-state index contributed by atoms with van der Waals surface area (Å²) in [7, 11) is 0. The van der Waals surface area contributed by atoms with Gasteiger partial charge in [0.1, 0.15) is 0 Å². The zero-order valence-electron chi connectivity index (χ0n) is 7.27. The number of thiol groups is 1. The van der Waals surface area contributed by atoms with Gasteiger partial charge in [-0.05, 0) is 12.1 Å². The lowest BCUT2D eigenvalue weighted by Gasteiger charge is -2.02. The Labute approximate surface area is 92.6 Å². The van der Waals surface area contributed by atoms with Crippen LogP contribution in [0.1, 0.15) is 15.9 Å². The van der Waals surface area contributed by atoms with Gasteiger partial charge in [-0.3, -0.25) is 0 Å². The van der Waals surface area contributed by atoms with Crippen LogP contribution in [0, 0.1) is 0 Å². The summed E-state index contributed by atoms with van der Waals surface area (Å²) >= 11 is 9.86. The van der Waals surface area contributed by atoms with Crippen molar-refractivity contribution in [1.82, 2.24) is 0 Å². The summed E-state index contributed by atoms with van der Waals surface area (Å²) in [5.74, 6) is -0.434. The molecular formula is C10H9ClO2S. The quantitative estimate of drug-likeness (QED) is 0.781. The molecule has 0 saturated carbocycles. The van der Waals surface area contributed by atoms with Gasteiger partial charge >= 0.3 is 5.97 Å². The van der Waals surface area contributed by atoms with Crippen LogP contribution in [0.3, 0.4) is 0 Å². The zero-order valence-corrected chi connectivity index (χ0v) is 8.92. The highest BCUT2D eigenvalue weighted by Crippen LogP contribution is 2.21. The van der Waals surface area contributed by atoms with Crippen LogP contribution in [-0.2, 0) is 0 Å². The molecule has 0 aromatic heterocycles. The molecule has 4 heteroatoms. The third kappa shape index (κ3) is 2.53. The summed E-state index contributed by atoms with van der Waals surface area (Å²) in [6.45, 7) is 0. The molecule has 0 unspecified atom stereocenters. The highest BCUT2D eigenvalue weighted by molar-refractivity contribution is 7.80. The number of carbonyl (C=O) groups is 1. The van der Waals surface area contributed by atoms with Gasteiger partial charge in [0.25, 0.3) is 0 Å². The van der Waals surface area contributed by atoms with E-state index in [1.807, 2.05) is 0 Å². The first kappa shape index (κ1) is 11.1. The van der Waals surface area contributed by atoms with Crippen LogP contribution < -0.4 is 0 Å². The molecule has 0 amide bonds. The van der Waals surface area contributed by atoms with E-state index in [1.165, 1.54) is 6.07 Å². The van der Waals surface area contributed by atoms with Crippen molar-refractivity contribution >= 4 is 36.3 Å². The van der Waals surface area contributed by atoms with Gasteiger partial charge in [-0.2, -0.15) is 12.6 Å². The molecule has 0 heterocycles. The molecule has 2 nitrogen and oxygen atoms in total. The highest BCUT2D eigenvalue weighted by atomic mass is 35.5. The Morgan fingerprint density at radius 3 is 2.86 bits per heavy atom. The second-order valence-electron chi connectivity index (χ2n) is 2.59. The Morgan fingerprint density at radius 1 is 1.57 bits per heavy atom. The van der Waals surface area contributed by atoms with Gasteiger partial charge in [-0.1, -0.05) is 29.8 Å². The summed E-state index contributed by atoms with van der Waals surface area (Å²) < 4.78 is 0. The minimum atomic E-state index is -0.980. The third-order valence-corrected chi connectivity index (χ3v) is 2.21. The highest BCUT2D eigenvalue weighted by Gasteiger charge is 2.09. The maximum absolute atomic E-state index is 10.8. The van der Waals surface area contributed by atoms with E-state index in [0.717, 1.165) is 0 Å². The van der Waals surface area contributed by atoms with Crippen LogP contribution in [-0.4, -0.2) is 16.8 Å². The van der Waals surface area contributed by atoms with E-state index in [4.69, 9.17) is 16.7 Å². The van der Waals surface area contributed by atoms with Gasteiger partial charge in [-0.25, -0.2) is 4.79 Å². The maximum Gasteiger partial charge on any atom is 0.336 e. The smallest absolute Gasteiger partial charge is 0.336 e. The Balaban J connectivity index is 3.22. The Morgan fingerprint density at radius 2 is 2.29 bits per heavy atom. The van der Waals surface area contributed by atoms with E-state index in [9.17, 15) is 4.79 Å². The lowest BCUT2D eigenvalue weighted by atomic mass is 10.1. The van der Waals surface area contributed by atoms with Gasteiger partial charge in [0, 0.05) is 16.3 Å². The van der Waals surface area contributed by atoms with Crippen molar-refractivity contribution in [3.63, 3.8) is 0 Å². The fourth-order valence-corrected chi connectivity index (χ4v) is 1.41. The van der Waals surface area contributed by atoms with Crippen LogP contribution in [0.2, 0.25) is 5.02 Å². The minimum absolute atomic E-state index is 0.204. The monoisotopic (exact) mass is 228 g/mol. The van der Waals surface area contributed by atoms with E-state index in [-0.39, 0.29) is 5.56 Å². The maximum atomic E-state index is 10.8. The average Bonchev–Trinajstić information content (AvgIpc) is 2.15. The number of aromatic carboxylic acids is 1. The number of hydrogen-bond donors (Lipinski definition) is 2. The SMILES string of the molecule is O=C(O)c1cccc(Cl)c1C=CCS. The number of halogens is 1. The van der Waals surface area contributed by atoms with Crippen molar-refractivity contribution in [1.29, 1.82) is 0 Å².